The van der Waals surface area contributed by atoms with Crippen molar-refractivity contribution in [3.63, 3.8) is 0 Å². The van der Waals surface area contributed by atoms with Crippen LogP contribution in [0.1, 0.15) is 48.1 Å². The van der Waals surface area contributed by atoms with Crippen LogP contribution in [0, 0.1) is 0 Å². The normalized spacial score (nSPS) is 19.4. The van der Waals surface area contributed by atoms with E-state index in [1.807, 2.05) is 12.1 Å². The van der Waals surface area contributed by atoms with Gasteiger partial charge in [-0.15, -0.1) is 0 Å². The van der Waals surface area contributed by atoms with Crippen LogP contribution >= 0.6 is 0 Å². The molecule has 0 saturated heterocycles. The fourth-order valence-electron chi connectivity index (χ4n) is 4.62. The maximum atomic E-state index is 12.1. The first-order valence-electron chi connectivity index (χ1n) is 9.78. The van der Waals surface area contributed by atoms with Gasteiger partial charge in [0, 0.05) is 24.0 Å². The number of hydrogen-bond donors (Lipinski definition) is 0. The molecule has 1 atom stereocenters. The Bertz CT molecular complexity index is 1070. The van der Waals surface area contributed by atoms with Gasteiger partial charge in [0.1, 0.15) is 18.1 Å². The van der Waals surface area contributed by atoms with E-state index in [-0.39, 0.29) is 5.63 Å². The van der Waals surface area contributed by atoms with Gasteiger partial charge in [0.25, 0.3) is 0 Å². The zero-order valence-corrected chi connectivity index (χ0v) is 15.5. The minimum absolute atomic E-state index is 0.284. The summed E-state index contributed by atoms with van der Waals surface area (Å²) >= 11 is 0. The third-order valence-corrected chi connectivity index (χ3v) is 5.96. The van der Waals surface area contributed by atoms with E-state index >= 15 is 0 Å². The molecular formula is C23H23NO3. The first kappa shape index (κ1) is 16.6. The summed E-state index contributed by atoms with van der Waals surface area (Å²) in [5, 5.41) is 1.02. The van der Waals surface area contributed by atoms with Gasteiger partial charge in [-0.2, -0.15) is 0 Å². The van der Waals surface area contributed by atoms with Crippen molar-refractivity contribution in [1.29, 1.82) is 0 Å². The Balaban J connectivity index is 1.58. The Kier molecular flexibility index (Phi) is 4.01. The second kappa shape index (κ2) is 6.54. The molecule has 0 N–H and O–H groups in total. The van der Waals surface area contributed by atoms with Crippen LogP contribution in [0.4, 0.5) is 0 Å². The molecule has 1 aromatic heterocycles. The third kappa shape index (κ3) is 2.76. The molecule has 4 nitrogen and oxygen atoms in total. The SMILES string of the molecule is CCc1cc(=O)oc2c3c(ccc12)OCN([C@H]1CCCc2ccccc21)C3. The van der Waals surface area contributed by atoms with Crippen LogP contribution < -0.4 is 10.4 Å². The van der Waals surface area contributed by atoms with Gasteiger partial charge >= 0.3 is 5.63 Å². The van der Waals surface area contributed by atoms with Crippen molar-refractivity contribution in [2.45, 2.75) is 45.2 Å². The summed E-state index contributed by atoms with van der Waals surface area (Å²) in [7, 11) is 0. The maximum absolute atomic E-state index is 12.1. The van der Waals surface area contributed by atoms with E-state index in [4.69, 9.17) is 9.15 Å². The monoisotopic (exact) mass is 361 g/mol. The number of fused-ring (bicyclic) bond motifs is 4. The summed E-state index contributed by atoms with van der Waals surface area (Å²) < 4.78 is 11.7. The lowest BCUT2D eigenvalue weighted by atomic mass is 9.86. The highest BCUT2D eigenvalue weighted by molar-refractivity contribution is 5.85. The summed E-state index contributed by atoms with van der Waals surface area (Å²) in [6.07, 6.45) is 4.28. The first-order valence-corrected chi connectivity index (χ1v) is 9.78. The van der Waals surface area contributed by atoms with Crippen molar-refractivity contribution in [3.8, 4) is 5.75 Å². The molecule has 4 heteroatoms. The fraction of sp³-hybridized carbons (Fsp3) is 0.348. The molecule has 2 aromatic carbocycles. The van der Waals surface area contributed by atoms with Crippen LogP contribution in [0.2, 0.25) is 0 Å². The van der Waals surface area contributed by atoms with Crippen molar-refractivity contribution in [1.82, 2.24) is 4.90 Å². The molecule has 2 heterocycles. The molecule has 0 saturated carbocycles. The van der Waals surface area contributed by atoms with E-state index in [1.54, 1.807) is 6.07 Å². The van der Waals surface area contributed by atoms with Gasteiger partial charge in [-0.25, -0.2) is 4.79 Å². The van der Waals surface area contributed by atoms with Crippen molar-refractivity contribution >= 4 is 11.0 Å². The van der Waals surface area contributed by atoms with Crippen LogP contribution in [-0.4, -0.2) is 11.6 Å². The standard InChI is InChI=1S/C23H23NO3/c1-2-15-12-22(25)27-23-18(15)10-11-21-19(23)13-24(14-26-21)20-9-5-7-16-6-3-4-8-17(16)20/h3-4,6,8,10-12,20H,2,5,7,9,13-14H2,1H3/t20-/m0/s1. The van der Waals surface area contributed by atoms with Crippen LogP contribution in [0.3, 0.4) is 0 Å². The molecule has 138 valence electrons. The molecule has 3 aromatic rings. The largest absolute Gasteiger partial charge is 0.478 e. The van der Waals surface area contributed by atoms with Crippen molar-refractivity contribution < 1.29 is 9.15 Å². The Morgan fingerprint density at radius 2 is 2.07 bits per heavy atom. The molecule has 0 amide bonds. The van der Waals surface area contributed by atoms with Crippen LogP contribution in [0.15, 0.2) is 51.7 Å². The van der Waals surface area contributed by atoms with Crippen LogP contribution in [-0.2, 0) is 19.4 Å². The van der Waals surface area contributed by atoms with Gasteiger partial charge in [0.2, 0.25) is 0 Å². The van der Waals surface area contributed by atoms with E-state index < -0.39 is 0 Å². The smallest absolute Gasteiger partial charge is 0.336 e. The average Bonchev–Trinajstić information content (AvgIpc) is 2.72. The molecule has 2 aliphatic rings. The molecule has 0 bridgehead atoms. The molecular weight excluding hydrogens is 338 g/mol. The molecule has 0 fully saturated rings. The number of benzene rings is 2. The first-order chi connectivity index (χ1) is 13.2. The molecule has 1 aliphatic heterocycles. The zero-order valence-electron chi connectivity index (χ0n) is 15.5. The topological polar surface area (TPSA) is 42.7 Å². The summed E-state index contributed by atoms with van der Waals surface area (Å²) in [5.41, 5.74) is 5.28. The average molecular weight is 361 g/mol. The molecule has 1 aliphatic carbocycles. The second-order valence-corrected chi connectivity index (χ2v) is 7.49. The minimum Gasteiger partial charge on any atom is -0.478 e. The predicted octanol–water partition coefficient (Wildman–Crippen LogP) is 4.58. The van der Waals surface area contributed by atoms with Crippen LogP contribution in [0.5, 0.6) is 5.75 Å². The highest BCUT2D eigenvalue weighted by atomic mass is 16.5. The van der Waals surface area contributed by atoms with E-state index in [0.29, 0.717) is 18.4 Å². The highest BCUT2D eigenvalue weighted by Gasteiger charge is 2.30. The second-order valence-electron chi connectivity index (χ2n) is 7.49. The Morgan fingerprint density at radius 1 is 1.19 bits per heavy atom. The lowest BCUT2D eigenvalue weighted by molar-refractivity contribution is 0.0482. The number of ether oxygens (including phenoxy) is 1. The van der Waals surface area contributed by atoms with E-state index in [1.165, 1.54) is 17.5 Å². The molecule has 0 radical (unpaired) electrons. The summed E-state index contributed by atoms with van der Waals surface area (Å²) in [5.74, 6) is 0.833. The lowest BCUT2D eigenvalue weighted by Gasteiger charge is -2.38. The summed E-state index contributed by atoms with van der Waals surface area (Å²) in [4.78, 5) is 14.4. The lowest BCUT2D eigenvalue weighted by Crippen LogP contribution is -2.37. The van der Waals surface area contributed by atoms with Gasteiger partial charge in [0.05, 0.1) is 5.56 Å². The number of rotatable bonds is 2. The number of aryl methyl sites for hydroxylation is 2. The Morgan fingerprint density at radius 3 is 2.96 bits per heavy atom. The van der Waals surface area contributed by atoms with Crippen molar-refractivity contribution in [2.75, 3.05) is 6.73 Å². The van der Waals surface area contributed by atoms with Gasteiger partial charge in [-0.3, -0.25) is 4.90 Å². The fourth-order valence-corrected chi connectivity index (χ4v) is 4.62. The highest BCUT2D eigenvalue weighted by Crippen LogP contribution is 2.40. The number of nitrogens with zero attached hydrogens (tertiary/aromatic N) is 1. The van der Waals surface area contributed by atoms with Crippen LogP contribution in [0.25, 0.3) is 11.0 Å². The minimum atomic E-state index is -0.284. The van der Waals surface area contributed by atoms with Gasteiger partial charge < -0.3 is 9.15 Å². The Labute approximate surface area is 158 Å². The third-order valence-electron chi connectivity index (χ3n) is 5.96. The van der Waals surface area contributed by atoms with E-state index in [2.05, 4.69) is 36.1 Å². The predicted molar refractivity (Wildman–Crippen MR) is 105 cm³/mol. The van der Waals surface area contributed by atoms with Gasteiger partial charge in [-0.05, 0) is 54.5 Å². The molecule has 0 spiro atoms. The van der Waals surface area contributed by atoms with Crippen molar-refractivity contribution in [3.05, 3.63) is 75.1 Å². The molecule has 0 unspecified atom stereocenters. The van der Waals surface area contributed by atoms with Gasteiger partial charge in [0.15, 0.2) is 0 Å². The zero-order chi connectivity index (χ0) is 18.4. The number of hydrogen-bond acceptors (Lipinski definition) is 4. The summed E-state index contributed by atoms with van der Waals surface area (Å²) in [6.45, 7) is 3.37. The maximum Gasteiger partial charge on any atom is 0.336 e. The van der Waals surface area contributed by atoms with E-state index in [0.717, 1.165) is 48.1 Å². The van der Waals surface area contributed by atoms with E-state index in [9.17, 15) is 4.79 Å². The van der Waals surface area contributed by atoms with Gasteiger partial charge in [-0.1, -0.05) is 31.2 Å². The molecule has 5 rings (SSSR count). The quantitative estimate of drug-likeness (QED) is 0.627. The Hall–Kier alpha value is -2.59. The molecule has 27 heavy (non-hydrogen) atoms. The summed E-state index contributed by atoms with van der Waals surface area (Å²) in [6, 6.07) is 14.7. The van der Waals surface area contributed by atoms with Crippen molar-refractivity contribution in [2.24, 2.45) is 0 Å².